The number of ether oxygens (including phenoxy) is 1. The van der Waals surface area contributed by atoms with E-state index in [9.17, 15) is 9.59 Å². The van der Waals surface area contributed by atoms with Crippen LogP contribution in [0.5, 0.6) is 5.75 Å². The van der Waals surface area contributed by atoms with Gasteiger partial charge in [0.15, 0.2) is 5.78 Å². The molecule has 3 heteroatoms. The van der Waals surface area contributed by atoms with E-state index in [4.69, 9.17) is 4.74 Å². The molecule has 160 valence electrons. The zero-order valence-electron chi connectivity index (χ0n) is 19.2. The molecule has 0 saturated carbocycles. The van der Waals surface area contributed by atoms with Crippen LogP contribution in [0.3, 0.4) is 0 Å². The molecule has 0 aliphatic heterocycles. The van der Waals surface area contributed by atoms with Crippen LogP contribution in [0.2, 0.25) is 0 Å². The van der Waals surface area contributed by atoms with Crippen molar-refractivity contribution >= 4 is 11.8 Å². The fourth-order valence-corrected chi connectivity index (χ4v) is 3.21. The molecule has 0 heterocycles. The molecule has 0 bridgehead atoms. The first-order valence-corrected chi connectivity index (χ1v) is 10.5. The van der Waals surface area contributed by atoms with E-state index in [2.05, 4.69) is 47.6 Å². The summed E-state index contributed by atoms with van der Waals surface area (Å²) in [7, 11) is 0. The van der Waals surface area contributed by atoms with Gasteiger partial charge in [-0.25, -0.2) is 4.79 Å². The summed E-state index contributed by atoms with van der Waals surface area (Å²) in [6.45, 7) is 12.8. The van der Waals surface area contributed by atoms with Gasteiger partial charge in [0.05, 0.1) is 5.56 Å². The van der Waals surface area contributed by atoms with Gasteiger partial charge in [-0.2, -0.15) is 0 Å². The van der Waals surface area contributed by atoms with Crippen LogP contribution >= 0.6 is 0 Å². The number of benzene rings is 3. The second kappa shape index (κ2) is 8.50. The second-order valence-corrected chi connectivity index (χ2v) is 9.91. The Labute approximate surface area is 185 Å². The van der Waals surface area contributed by atoms with Crippen molar-refractivity contribution in [1.29, 1.82) is 0 Å². The van der Waals surface area contributed by atoms with Crippen LogP contribution in [0.25, 0.3) is 0 Å². The van der Waals surface area contributed by atoms with Gasteiger partial charge in [0, 0.05) is 11.1 Å². The second-order valence-electron chi connectivity index (χ2n) is 9.91. The van der Waals surface area contributed by atoms with E-state index in [0.29, 0.717) is 22.4 Å². The molecule has 0 N–H and O–H groups in total. The van der Waals surface area contributed by atoms with Crippen molar-refractivity contribution in [3.8, 4) is 5.75 Å². The largest absolute Gasteiger partial charge is 0.423 e. The van der Waals surface area contributed by atoms with Crippen molar-refractivity contribution in [1.82, 2.24) is 0 Å². The predicted molar refractivity (Wildman–Crippen MR) is 125 cm³/mol. The molecule has 31 heavy (non-hydrogen) atoms. The summed E-state index contributed by atoms with van der Waals surface area (Å²) in [5, 5.41) is 0. The summed E-state index contributed by atoms with van der Waals surface area (Å²) in [6.07, 6.45) is 0. The molecular formula is C28H30O3. The van der Waals surface area contributed by atoms with E-state index in [-0.39, 0.29) is 16.6 Å². The maximum Gasteiger partial charge on any atom is 0.343 e. The first-order chi connectivity index (χ1) is 14.4. The number of hydrogen-bond acceptors (Lipinski definition) is 3. The first-order valence-electron chi connectivity index (χ1n) is 10.5. The molecule has 0 amide bonds. The van der Waals surface area contributed by atoms with Gasteiger partial charge in [-0.1, -0.05) is 77.9 Å². The number of hydrogen-bond donors (Lipinski definition) is 0. The lowest BCUT2D eigenvalue weighted by molar-refractivity contribution is 0.0734. The van der Waals surface area contributed by atoms with Gasteiger partial charge in [0.2, 0.25) is 0 Å². The minimum absolute atomic E-state index is 0.0637. The molecule has 0 spiro atoms. The quantitative estimate of drug-likeness (QED) is 0.270. The van der Waals surface area contributed by atoms with E-state index < -0.39 is 5.97 Å². The number of carbonyl (C=O) groups is 2. The minimum atomic E-state index is -0.404. The third-order valence-corrected chi connectivity index (χ3v) is 5.26. The molecule has 0 aliphatic rings. The Balaban J connectivity index is 1.84. The molecule has 0 aliphatic carbocycles. The lowest BCUT2D eigenvalue weighted by Gasteiger charge is -2.25. The minimum Gasteiger partial charge on any atom is -0.423 e. The van der Waals surface area contributed by atoms with E-state index >= 15 is 0 Å². The normalized spacial score (nSPS) is 11.8. The zero-order valence-corrected chi connectivity index (χ0v) is 19.2. The van der Waals surface area contributed by atoms with Gasteiger partial charge >= 0.3 is 5.97 Å². The Morgan fingerprint density at radius 2 is 1.10 bits per heavy atom. The lowest BCUT2D eigenvalue weighted by atomic mass is 9.79. The Morgan fingerprint density at radius 3 is 1.58 bits per heavy atom. The van der Waals surface area contributed by atoms with Crippen LogP contribution in [0.4, 0.5) is 0 Å². The third-order valence-electron chi connectivity index (χ3n) is 5.26. The van der Waals surface area contributed by atoms with E-state index in [0.717, 1.165) is 11.1 Å². The van der Waals surface area contributed by atoms with Crippen molar-refractivity contribution in [3.05, 3.63) is 101 Å². The zero-order chi connectivity index (χ0) is 22.8. The van der Waals surface area contributed by atoms with Crippen LogP contribution in [-0.2, 0) is 10.8 Å². The molecule has 0 atom stereocenters. The van der Waals surface area contributed by atoms with Crippen LogP contribution in [0.1, 0.15) is 78.9 Å². The van der Waals surface area contributed by atoms with E-state index in [1.165, 1.54) is 0 Å². The highest BCUT2D eigenvalue weighted by Crippen LogP contribution is 2.31. The summed E-state index contributed by atoms with van der Waals surface area (Å²) in [4.78, 5) is 25.5. The highest BCUT2D eigenvalue weighted by Gasteiger charge is 2.23. The van der Waals surface area contributed by atoms with E-state index in [1.54, 1.807) is 36.4 Å². The third kappa shape index (κ3) is 5.49. The SMILES string of the molecule is CC(C)(C)c1cc(C(=O)Oc2ccc(C(=O)c3ccccc3)cc2)cc(C(C)(C)C)c1. The number of carbonyl (C=O) groups excluding carboxylic acids is 2. The monoisotopic (exact) mass is 414 g/mol. The van der Waals surface area contributed by atoms with Crippen molar-refractivity contribution < 1.29 is 14.3 Å². The molecule has 0 saturated heterocycles. The summed E-state index contributed by atoms with van der Waals surface area (Å²) in [6, 6.07) is 21.8. The van der Waals surface area contributed by atoms with Crippen molar-refractivity contribution in [2.75, 3.05) is 0 Å². The molecule has 3 aromatic carbocycles. The fourth-order valence-electron chi connectivity index (χ4n) is 3.21. The highest BCUT2D eigenvalue weighted by molar-refractivity contribution is 6.09. The number of rotatable bonds is 4. The number of ketones is 1. The topological polar surface area (TPSA) is 43.4 Å². The molecule has 3 aromatic rings. The van der Waals surface area contributed by atoms with Crippen molar-refractivity contribution in [2.45, 2.75) is 52.4 Å². The first kappa shape index (κ1) is 22.5. The van der Waals surface area contributed by atoms with E-state index in [1.807, 2.05) is 30.3 Å². The average molecular weight is 415 g/mol. The van der Waals surface area contributed by atoms with Gasteiger partial charge in [0.1, 0.15) is 5.75 Å². The molecule has 0 aromatic heterocycles. The Bertz CT molecular complexity index is 1050. The molecular weight excluding hydrogens is 384 g/mol. The van der Waals surface area contributed by atoms with Crippen LogP contribution in [0, 0.1) is 0 Å². The Kier molecular flexibility index (Phi) is 6.17. The highest BCUT2D eigenvalue weighted by atomic mass is 16.5. The van der Waals surface area contributed by atoms with Crippen molar-refractivity contribution in [3.63, 3.8) is 0 Å². The molecule has 3 nitrogen and oxygen atoms in total. The van der Waals surface area contributed by atoms with Crippen LogP contribution in [0.15, 0.2) is 72.8 Å². The molecule has 0 radical (unpaired) electrons. The van der Waals surface area contributed by atoms with Gasteiger partial charge < -0.3 is 4.74 Å². The van der Waals surface area contributed by atoms with Crippen LogP contribution in [-0.4, -0.2) is 11.8 Å². The summed E-state index contributed by atoms with van der Waals surface area (Å²) >= 11 is 0. The summed E-state index contributed by atoms with van der Waals surface area (Å²) in [5.74, 6) is -0.0574. The van der Waals surface area contributed by atoms with Gasteiger partial charge in [0.25, 0.3) is 0 Å². The fraction of sp³-hybridized carbons (Fsp3) is 0.286. The smallest absolute Gasteiger partial charge is 0.343 e. The van der Waals surface area contributed by atoms with Gasteiger partial charge in [-0.15, -0.1) is 0 Å². The summed E-state index contributed by atoms with van der Waals surface area (Å²) in [5.41, 5.74) is 3.72. The summed E-state index contributed by atoms with van der Waals surface area (Å²) < 4.78 is 5.63. The standard InChI is InChI=1S/C28H30O3/c1-27(2,3)22-16-21(17-23(18-22)28(4,5)6)26(30)31-24-14-12-20(13-15-24)25(29)19-10-8-7-9-11-19/h7-18H,1-6H3. The Hall–Kier alpha value is -3.20. The molecule has 3 rings (SSSR count). The maximum atomic E-state index is 12.9. The molecule has 0 fully saturated rings. The van der Waals surface area contributed by atoms with Gasteiger partial charge in [-0.3, -0.25) is 4.79 Å². The van der Waals surface area contributed by atoms with Crippen molar-refractivity contribution in [2.24, 2.45) is 0 Å². The maximum absolute atomic E-state index is 12.9. The Morgan fingerprint density at radius 1 is 0.613 bits per heavy atom. The number of esters is 1. The average Bonchev–Trinajstić information content (AvgIpc) is 2.73. The lowest BCUT2D eigenvalue weighted by Crippen LogP contribution is -2.19. The van der Waals surface area contributed by atoms with Gasteiger partial charge in [-0.05, 0) is 58.4 Å². The predicted octanol–water partition coefficient (Wildman–Crippen LogP) is 6.73. The van der Waals surface area contributed by atoms with Crippen LogP contribution < -0.4 is 4.74 Å². The molecule has 0 unspecified atom stereocenters.